The molecule has 0 bridgehead atoms. The lowest BCUT2D eigenvalue weighted by Gasteiger charge is -2.24. The molecule has 0 aromatic heterocycles. The Morgan fingerprint density at radius 3 is 2.80 bits per heavy atom. The van der Waals surface area contributed by atoms with Crippen molar-refractivity contribution in [2.45, 2.75) is 44.9 Å². The van der Waals surface area contributed by atoms with Crippen molar-refractivity contribution in [3.05, 3.63) is 29.3 Å². The average molecular weight is 277 g/mol. The van der Waals surface area contributed by atoms with Crippen molar-refractivity contribution in [2.24, 2.45) is 5.73 Å². The van der Waals surface area contributed by atoms with Gasteiger partial charge in [-0.3, -0.25) is 0 Å². The number of nitrogens with two attached hydrogens (primary N) is 1. The van der Waals surface area contributed by atoms with Crippen LogP contribution in [0.15, 0.2) is 18.2 Å². The highest BCUT2D eigenvalue weighted by Gasteiger charge is 2.19. The maximum atomic E-state index is 9.46. The van der Waals surface area contributed by atoms with Gasteiger partial charge in [0.15, 0.2) is 0 Å². The van der Waals surface area contributed by atoms with E-state index in [1.807, 2.05) is 6.92 Å². The smallest absolute Gasteiger partial charge is 0.0526 e. The summed E-state index contributed by atoms with van der Waals surface area (Å²) in [7, 11) is 2.13. The summed E-state index contributed by atoms with van der Waals surface area (Å²) in [5.41, 5.74) is 9.92. The maximum absolute atomic E-state index is 9.46. The van der Waals surface area contributed by atoms with Crippen molar-refractivity contribution in [2.75, 3.05) is 25.0 Å². The van der Waals surface area contributed by atoms with Crippen LogP contribution in [0.4, 0.5) is 5.69 Å². The Hall–Kier alpha value is -1.10. The Balaban J connectivity index is 2.08. The lowest BCUT2D eigenvalue weighted by Crippen LogP contribution is -2.36. The van der Waals surface area contributed by atoms with Gasteiger partial charge in [-0.25, -0.2) is 0 Å². The first kappa shape index (κ1) is 15.3. The normalized spacial score (nSPS) is 18.8. The Morgan fingerprint density at radius 2 is 2.15 bits per heavy atom. The van der Waals surface area contributed by atoms with Gasteiger partial charge in [0.05, 0.1) is 6.10 Å². The predicted molar refractivity (Wildman–Crippen MR) is 84.1 cm³/mol. The third kappa shape index (κ3) is 3.51. The molecule has 3 atom stereocenters. The molecule has 4 N–H and O–H groups in total. The van der Waals surface area contributed by atoms with E-state index in [4.69, 9.17) is 5.73 Å². The standard InChI is InChI=1S/C16H27N3O/c1-11(8-12(2)20)18-15(10-17)13-4-5-16-14(9-13)6-7-19(16)3/h4-5,9,11-12,15,18,20H,6-8,10,17H2,1-3H3. The van der Waals surface area contributed by atoms with Crippen LogP contribution in [-0.4, -0.2) is 37.4 Å². The van der Waals surface area contributed by atoms with Crippen LogP contribution >= 0.6 is 0 Å². The number of aliphatic hydroxyl groups excluding tert-OH is 1. The van der Waals surface area contributed by atoms with Crippen LogP contribution in [-0.2, 0) is 6.42 Å². The second-order valence-corrected chi connectivity index (χ2v) is 6.00. The van der Waals surface area contributed by atoms with Crippen molar-refractivity contribution >= 4 is 5.69 Å². The molecule has 4 heteroatoms. The highest BCUT2D eigenvalue weighted by molar-refractivity contribution is 5.58. The number of aliphatic hydroxyl groups is 1. The molecule has 0 radical (unpaired) electrons. The van der Waals surface area contributed by atoms with Crippen molar-refractivity contribution in [1.29, 1.82) is 0 Å². The molecule has 0 saturated carbocycles. The summed E-state index contributed by atoms with van der Waals surface area (Å²) >= 11 is 0. The molecule has 1 aliphatic heterocycles. The van der Waals surface area contributed by atoms with Gasteiger partial charge < -0.3 is 21.1 Å². The average Bonchev–Trinajstić information content (AvgIpc) is 2.76. The fourth-order valence-electron chi connectivity index (χ4n) is 3.03. The van der Waals surface area contributed by atoms with Crippen LogP contribution in [0, 0.1) is 0 Å². The molecule has 1 aliphatic rings. The van der Waals surface area contributed by atoms with Crippen LogP contribution in [0.25, 0.3) is 0 Å². The molecular weight excluding hydrogens is 250 g/mol. The van der Waals surface area contributed by atoms with Gasteiger partial charge in [0.1, 0.15) is 0 Å². The van der Waals surface area contributed by atoms with Gasteiger partial charge in [0.25, 0.3) is 0 Å². The van der Waals surface area contributed by atoms with E-state index in [1.165, 1.54) is 16.8 Å². The number of nitrogens with one attached hydrogen (secondary N) is 1. The Morgan fingerprint density at radius 1 is 1.40 bits per heavy atom. The third-order valence-electron chi connectivity index (χ3n) is 4.05. The predicted octanol–water partition coefficient (Wildman–Crippen LogP) is 1.43. The summed E-state index contributed by atoms with van der Waals surface area (Å²) in [5, 5.41) is 13.0. The maximum Gasteiger partial charge on any atom is 0.0526 e. The molecule has 20 heavy (non-hydrogen) atoms. The topological polar surface area (TPSA) is 61.5 Å². The molecule has 1 aromatic carbocycles. The summed E-state index contributed by atoms with van der Waals surface area (Å²) in [4.78, 5) is 2.29. The van der Waals surface area contributed by atoms with Crippen LogP contribution in [0.5, 0.6) is 0 Å². The van der Waals surface area contributed by atoms with E-state index in [2.05, 4.69) is 42.4 Å². The van der Waals surface area contributed by atoms with E-state index in [9.17, 15) is 5.11 Å². The lowest BCUT2D eigenvalue weighted by atomic mass is 10.0. The lowest BCUT2D eigenvalue weighted by molar-refractivity contribution is 0.168. The minimum absolute atomic E-state index is 0.153. The number of anilines is 1. The van der Waals surface area contributed by atoms with Crippen molar-refractivity contribution in [1.82, 2.24) is 5.32 Å². The molecule has 0 aliphatic carbocycles. The van der Waals surface area contributed by atoms with E-state index < -0.39 is 0 Å². The second kappa shape index (κ2) is 6.57. The van der Waals surface area contributed by atoms with E-state index in [-0.39, 0.29) is 18.2 Å². The summed E-state index contributed by atoms with van der Waals surface area (Å²) < 4.78 is 0. The fourth-order valence-corrected chi connectivity index (χ4v) is 3.03. The van der Waals surface area contributed by atoms with E-state index >= 15 is 0 Å². The number of hydrogen-bond acceptors (Lipinski definition) is 4. The summed E-state index contributed by atoms with van der Waals surface area (Å²) in [5.74, 6) is 0. The molecule has 112 valence electrons. The summed E-state index contributed by atoms with van der Waals surface area (Å²) in [6, 6.07) is 7.04. The largest absolute Gasteiger partial charge is 0.393 e. The Bertz CT molecular complexity index is 447. The number of benzene rings is 1. The van der Waals surface area contributed by atoms with E-state index in [1.54, 1.807) is 0 Å². The molecular formula is C16H27N3O. The quantitative estimate of drug-likeness (QED) is 0.736. The number of hydrogen-bond donors (Lipinski definition) is 3. The highest BCUT2D eigenvalue weighted by Crippen LogP contribution is 2.29. The van der Waals surface area contributed by atoms with Gasteiger partial charge in [-0.2, -0.15) is 0 Å². The number of nitrogens with zero attached hydrogens (tertiary/aromatic N) is 1. The molecule has 0 saturated heterocycles. The molecule has 1 heterocycles. The van der Waals surface area contributed by atoms with E-state index in [0.717, 1.165) is 19.4 Å². The number of fused-ring (bicyclic) bond motifs is 1. The van der Waals surface area contributed by atoms with Crippen LogP contribution < -0.4 is 16.0 Å². The molecule has 4 nitrogen and oxygen atoms in total. The highest BCUT2D eigenvalue weighted by atomic mass is 16.3. The SMILES string of the molecule is CC(O)CC(C)NC(CN)c1ccc2c(c1)CCN2C. The van der Waals surface area contributed by atoms with Gasteiger partial charge in [-0.05, 0) is 43.9 Å². The molecule has 0 spiro atoms. The van der Waals surface area contributed by atoms with Crippen molar-refractivity contribution in [3.8, 4) is 0 Å². The fraction of sp³-hybridized carbons (Fsp3) is 0.625. The van der Waals surface area contributed by atoms with Gasteiger partial charge in [0.2, 0.25) is 0 Å². The van der Waals surface area contributed by atoms with Gasteiger partial charge >= 0.3 is 0 Å². The Kier molecular flexibility index (Phi) is 5.02. The van der Waals surface area contributed by atoms with Crippen molar-refractivity contribution in [3.63, 3.8) is 0 Å². The molecule has 2 rings (SSSR count). The monoisotopic (exact) mass is 277 g/mol. The first-order valence-electron chi connectivity index (χ1n) is 7.49. The number of likely N-dealkylation sites (N-methyl/N-ethyl adjacent to an activating group) is 1. The van der Waals surface area contributed by atoms with E-state index in [0.29, 0.717) is 6.54 Å². The first-order valence-corrected chi connectivity index (χ1v) is 7.49. The first-order chi connectivity index (χ1) is 9.51. The van der Waals surface area contributed by atoms with Crippen LogP contribution in [0.2, 0.25) is 0 Å². The van der Waals surface area contributed by atoms with Crippen LogP contribution in [0.3, 0.4) is 0 Å². The zero-order valence-electron chi connectivity index (χ0n) is 12.8. The summed E-state index contributed by atoms with van der Waals surface area (Å²) in [6.07, 6.45) is 1.56. The third-order valence-corrected chi connectivity index (χ3v) is 4.05. The van der Waals surface area contributed by atoms with Crippen molar-refractivity contribution < 1.29 is 5.11 Å². The van der Waals surface area contributed by atoms with Gasteiger partial charge in [0, 0.05) is 37.9 Å². The molecule has 3 unspecified atom stereocenters. The minimum Gasteiger partial charge on any atom is -0.393 e. The Labute approximate surface area is 122 Å². The zero-order valence-corrected chi connectivity index (χ0v) is 12.8. The van der Waals surface area contributed by atoms with Gasteiger partial charge in [-0.1, -0.05) is 12.1 Å². The second-order valence-electron chi connectivity index (χ2n) is 6.00. The summed E-state index contributed by atoms with van der Waals surface area (Å²) in [6.45, 7) is 5.58. The number of rotatable bonds is 6. The molecule has 1 aromatic rings. The van der Waals surface area contributed by atoms with Gasteiger partial charge in [-0.15, -0.1) is 0 Å². The molecule has 0 fully saturated rings. The minimum atomic E-state index is -0.287. The molecule has 0 amide bonds. The zero-order chi connectivity index (χ0) is 14.7. The van der Waals surface area contributed by atoms with Crippen LogP contribution in [0.1, 0.15) is 37.4 Å².